The largest absolute Gasteiger partial charge is 0.480 e. The molecule has 3 N–H and O–H groups in total. The molecule has 3 rings (SSSR count). The van der Waals surface area contributed by atoms with Crippen LogP contribution in [0.4, 0.5) is 4.79 Å². The van der Waals surface area contributed by atoms with Gasteiger partial charge in [0, 0.05) is 5.02 Å². The third kappa shape index (κ3) is 7.43. The Labute approximate surface area is 207 Å². The van der Waals surface area contributed by atoms with Gasteiger partial charge in [-0.2, -0.15) is 0 Å². The van der Waals surface area contributed by atoms with Gasteiger partial charge in [0.15, 0.2) is 6.10 Å². The number of carbonyl (C=O) groups is 4. The number of carboxylic acid groups (broad SMARTS) is 1. The summed E-state index contributed by atoms with van der Waals surface area (Å²) in [5.74, 6) is -3.22. The predicted octanol–water partition coefficient (Wildman–Crippen LogP) is 2.68. The van der Waals surface area contributed by atoms with Crippen LogP contribution in [0.3, 0.4) is 0 Å². The molecule has 0 saturated carbocycles. The second kappa shape index (κ2) is 11.7. The Balaban J connectivity index is 1.61. The van der Waals surface area contributed by atoms with Crippen LogP contribution in [0.2, 0.25) is 5.02 Å². The summed E-state index contributed by atoms with van der Waals surface area (Å²) in [6, 6.07) is 14.6. The lowest BCUT2D eigenvalue weighted by atomic mass is 10.0. The number of nitrogens with one attached hydrogen (secondary N) is 2. The lowest BCUT2D eigenvalue weighted by Gasteiger charge is -2.26. The summed E-state index contributed by atoms with van der Waals surface area (Å²) >= 11 is 5.88. The lowest BCUT2D eigenvalue weighted by Crippen LogP contribution is -2.57. The summed E-state index contributed by atoms with van der Waals surface area (Å²) < 4.78 is 10.6. The van der Waals surface area contributed by atoms with Crippen molar-refractivity contribution in [3.63, 3.8) is 0 Å². The third-order valence-corrected chi connectivity index (χ3v) is 5.43. The van der Waals surface area contributed by atoms with Gasteiger partial charge >= 0.3 is 12.1 Å². The molecule has 2 aromatic rings. The van der Waals surface area contributed by atoms with Crippen LogP contribution in [-0.4, -0.2) is 52.7 Å². The van der Waals surface area contributed by atoms with E-state index in [0.717, 1.165) is 5.56 Å². The van der Waals surface area contributed by atoms with Crippen LogP contribution in [-0.2, 0) is 30.5 Å². The molecule has 11 heteroatoms. The molecule has 2 aromatic carbocycles. The normalized spacial score (nSPS) is 17.3. The predicted molar refractivity (Wildman–Crippen MR) is 125 cm³/mol. The highest BCUT2D eigenvalue weighted by Crippen LogP contribution is 2.39. The van der Waals surface area contributed by atoms with Gasteiger partial charge in [-0.05, 0) is 29.2 Å². The molecule has 1 aliphatic heterocycles. The Bertz CT molecular complexity index is 1060. The number of carboxylic acids is 1. The van der Waals surface area contributed by atoms with Crippen LogP contribution in [0, 0.1) is 5.92 Å². The van der Waals surface area contributed by atoms with Gasteiger partial charge in [-0.25, -0.2) is 9.80 Å². The first kappa shape index (κ1) is 26.0. The zero-order valence-electron chi connectivity index (χ0n) is 19.1. The summed E-state index contributed by atoms with van der Waals surface area (Å²) in [6.07, 6.45) is -2.37. The van der Waals surface area contributed by atoms with Crippen LogP contribution in [0.1, 0.15) is 31.1 Å². The number of benzene rings is 2. The number of ether oxygens (including phenoxy) is 2. The van der Waals surface area contributed by atoms with E-state index in [1.165, 1.54) is 0 Å². The van der Waals surface area contributed by atoms with E-state index in [9.17, 15) is 24.3 Å². The second-order valence-corrected chi connectivity index (χ2v) is 8.69. The van der Waals surface area contributed by atoms with Crippen molar-refractivity contribution < 1.29 is 33.8 Å². The molecule has 0 spiro atoms. The fraction of sp³-hybridized carbons (Fsp3) is 0.333. The maximum Gasteiger partial charge on any atom is 0.408 e. The standard InChI is InChI=1S/C24H26ClN3O7/c1-14(2)19(26-24(33)34-13-15-6-4-3-5-7-15)22(31)27-28(12-18(29)30)23(32)21-20(35-21)16-8-10-17(25)11-9-16/h3-11,14,19-21H,12-13H2,1-2H3,(H,26,33)(H,27,31)(H,29,30)/t19-,20-,21+/m0/s1. The monoisotopic (exact) mass is 503 g/mol. The third-order valence-electron chi connectivity index (χ3n) is 5.17. The van der Waals surface area contributed by atoms with E-state index in [0.29, 0.717) is 15.6 Å². The number of aliphatic carboxylic acids is 1. The van der Waals surface area contributed by atoms with Crippen LogP contribution in [0.25, 0.3) is 0 Å². The Morgan fingerprint density at radius 1 is 1.09 bits per heavy atom. The lowest BCUT2D eigenvalue weighted by molar-refractivity contribution is -0.151. The average molecular weight is 504 g/mol. The highest BCUT2D eigenvalue weighted by molar-refractivity contribution is 6.30. The van der Waals surface area contributed by atoms with Crippen molar-refractivity contribution >= 4 is 35.5 Å². The average Bonchev–Trinajstić information content (AvgIpc) is 3.62. The molecule has 0 radical (unpaired) electrons. The van der Waals surface area contributed by atoms with Crippen molar-refractivity contribution in [1.29, 1.82) is 0 Å². The maximum atomic E-state index is 12.9. The number of halogens is 1. The van der Waals surface area contributed by atoms with Gasteiger partial charge in [0.25, 0.3) is 11.8 Å². The zero-order chi connectivity index (χ0) is 25.5. The number of rotatable bonds is 9. The van der Waals surface area contributed by atoms with Crippen molar-refractivity contribution in [2.45, 2.75) is 38.7 Å². The quantitative estimate of drug-likeness (QED) is 0.353. The molecule has 3 atom stereocenters. The van der Waals surface area contributed by atoms with Gasteiger partial charge in [-0.15, -0.1) is 0 Å². The molecule has 10 nitrogen and oxygen atoms in total. The van der Waals surface area contributed by atoms with E-state index in [-0.39, 0.29) is 12.5 Å². The van der Waals surface area contributed by atoms with Crippen LogP contribution >= 0.6 is 11.6 Å². The Morgan fingerprint density at radius 2 is 1.74 bits per heavy atom. The molecule has 35 heavy (non-hydrogen) atoms. The Morgan fingerprint density at radius 3 is 2.34 bits per heavy atom. The molecule has 0 unspecified atom stereocenters. The summed E-state index contributed by atoms with van der Waals surface area (Å²) in [5.41, 5.74) is 3.77. The van der Waals surface area contributed by atoms with Crippen LogP contribution < -0.4 is 10.7 Å². The minimum Gasteiger partial charge on any atom is -0.480 e. The van der Waals surface area contributed by atoms with Crippen molar-refractivity contribution in [3.8, 4) is 0 Å². The first-order valence-electron chi connectivity index (χ1n) is 10.9. The molecule has 1 heterocycles. The second-order valence-electron chi connectivity index (χ2n) is 8.25. The number of hydrogen-bond donors (Lipinski definition) is 3. The molecule has 3 amide bonds. The molecule has 0 aliphatic carbocycles. The van der Waals surface area contributed by atoms with E-state index in [2.05, 4.69) is 10.7 Å². The number of alkyl carbamates (subject to hydrolysis) is 1. The van der Waals surface area contributed by atoms with Gasteiger partial charge in [-0.1, -0.05) is 67.9 Å². The van der Waals surface area contributed by atoms with E-state index < -0.39 is 48.7 Å². The van der Waals surface area contributed by atoms with Crippen LogP contribution in [0.15, 0.2) is 54.6 Å². The summed E-state index contributed by atoms with van der Waals surface area (Å²) in [4.78, 5) is 49.4. The molecule has 1 fully saturated rings. The Hall–Kier alpha value is -3.63. The maximum absolute atomic E-state index is 12.9. The summed E-state index contributed by atoms with van der Waals surface area (Å²) in [7, 11) is 0. The zero-order valence-corrected chi connectivity index (χ0v) is 19.9. The molecule has 1 saturated heterocycles. The summed E-state index contributed by atoms with van der Waals surface area (Å²) in [6.45, 7) is 2.59. The van der Waals surface area contributed by atoms with E-state index >= 15 is 0 Å². The van der Waals surface area contributed by atoms with Gasteiger partial charge in [0.05, 0.1) is 0 Å². The smallest absolute Gasteiger partial charge is 0.408 e. The van der Waals surface area contributed by atoms with Crippen molar-refractivity contribution in [2.24, 2.45) is 5.92 Å². The van der Waals surface area contributed by atoms with Crippen molar-refractivity contribution in [2.75, 3.05) is 6.54 Å². The topological polar surface area (TPSA) is 138 Å². The molecular weight excluding hydrogens is 478 g/mol. The SMILES string of the molecule is CC(C)[C@H](NC(=O)OCc1ccccc1)C(=O)NN(CC(=O)O)C(=O)[C@@H]1O[C@H]1c1ccc(Cl)cc1. The first-order chi connectivity index (χ1) is 16.7. The fourth-order valence-corrected chi connectivity index (χ4v) is 3.42. The number of carbonyl (C=O) groups excluding carboxylic acids is 3. The highest BCUT2D eigenvalue weighted by atomic mass is 35.5. The highest BCUT2D eigenvalue weighted by Gasteiger charge is 2.49. The number of amides is 3. The van der Waals surface area contributed by atoms with E-state index in [1.807, 2.05) is 6.07 Å². The van der Waals surface area contributed by atoms with E-state index in [4.69, 9.17) is 21.1 Å². The van der Waals surface area contributed by atoms with E-state index in [1.54, 1.807) is 62.4 Å². The molecular formula is C24H26ClN3O7. The van der Waals surface area contributed by atoms with Gasteiger partial charge in [0.1, 0.15) is 25.3 Å². The van der Waals surface area contributed by atoms with Gasteiger partial charge < -0.3 is 19.9 Å². The number of hydrogen-bond acceptors (Lipinski definition) is 6. The number of hydrazine groups is 1. The minimum absolute atomic E-state index is 0.00778. The number of nitrogens with zero attached hydrogens (tertiary/aromatic N) is 1. The molecule has 0 aromatic heterocycles. The van der Waals surface area contributed by atoms with Crippen LogP contribution in [0.5, 0.6) is 0 Å². The molecule has 186 valence electrons. The minimum atomic E-state index is -1.33. The Kier molecular flexibility index (Phi) is 8.67. The van der Waals surface area contributed by atoms with Gasteiger partial charge in [-0.3, -0.25) is 19.8 Å². The summed E-state index contributed by atoms with van der Waals surface area (Å²) in [5, 5.41) is 12.9. The molecule has 1 aliphatic rings. The van der Waals surface area contributed by atoms with Gasteiger partial charge in [0.2, 0.25) is 0 Å². The molecule has 0 bridgehead atoms. The fourth-order valence-electron chi connectivity index (χ4n) is 3.30. The van der Waals surface area contributed by atoms with Crippen molar-refractivity contribution in [1.82, 2.24) is 15.8 Å². The number of epoxide rings is 1. The first-order valence-corrected chi connectivity index (χ1v) is 11.2. The van der Waals surface area contributed by atoms with Crippen molar-refractivity contribution in [3.05, 3.63) is 70.7 Å².